The minimum Gasteiger partial charge on any atom is -1.00 e. The zero-order chi connectivity index (χ0) is 32.2. The molecule has 0 unspecified atom stereocenters. The van der Waals surface area contributed by atoms with Crippen LogP contribution < -0.4 is 24.8 Å². The molecule has 1 aliphatic carbocycles. The third-order valence-corrected chi connectivity index (χ3v) is 9.46. The molecule has 0 saturated heterocycles. The molecule has 3 heteroatoms. The Morgan fingerprint density at radius 2 is 1.11 bits per heavy atom. The summed E-state index contributed by atoms with van der Waals surface area (Å²) < 4.78 is 1.45. The van der Waals surface area contributed by atoms with E-state index < -0.39 is 0 Å². The summed E-state index contributed by atoms with van der Waals surface area (Å²) in [6.45, 7) is 22.3. The molecule has 0 atom stereocenters. The maximum absolute atomic E-state index is 3.67. The van der Waals surface area contributed by atoms with Gasteiger partial charge in [-0.15, -0.1) is 11.1 Å². The van der Waals surface area contributed by atoms with Crippen LogP contribution in [0.5, 0.6) is 0 Å². The molecule has 0 spiro atoms. The van der Waals surface area contributed by atoms with Crippen molar-refractivity contribution in [3.63, 3.8) is 0 Å². The number of hydrogen-bond donors (Lipinski definition) is 0. The first-order chi connectivity index (χ1) is 20.6. The van der Waals surface area contributed by atoms with Crippen molar-refractivity contribution in [1.29, 1.82) is 0 Å². The van der Waals surface area contributed by atoms with Gasteiger partial charge in [-0.25, -0.2) is 12.1 Å². The van der Waals surface area contributed by atoms with E-state index in [0.29, 0.717) is 0 Å². The van der Waals surface area contributed by atoms with Crippen molar-refractivity contribution in [2.45, 2.75) is 86.5 Å². The second-order valence-electron chi connectivity index (χ2n) is 14.4. The van der Waals surface area contributed by atoms with Crippen LogP contribution in [0.2, 0.25) is 0 Å². The van der Waals surface area contributed by atoms with Gasteiger partial charge in [-0.2, -0.15) is 42.0 Å². The van der Waals surface area contributed by atoms with Gasteiger partial charge in [0, 0.05) is 0 Å². The van der Waals surface area contributed by atoms with Gasteiger partial charge in [0.15, 0.2) is 0 Å². The fourth-order valence-corrected chi connectivity index (χ4v) is 6.46. The van der Waals surface area contributed by atoms with E-state index in [9.17, 15) is 0 Å². The van der Waals surface area contributed by atoms with Crippen molar-refractivity contribution >= 4 is 3.21 Å². The molecule has 0 amide bonds. The Morgan fingerprint density at radius 3 is 1.52 bits per heavy atom. The monoisotopic (exact) mass is 724 g/mol. The van der Waals surface area contributed by atoms with Crippen molar-refractivity contribution in [2.24, 2.45) is 0 Å². The van der Waals surface area contributed by atoms with Crippen LogP contribution in [0.15, 0.2) is 97.1 Å². The minimum atomic E-state index is 0. The molecule has 1 aliphatic rings. The fraction of sp³-hybridized carbons (Fsp3) is 0.302. The largest absolute Gasteiger partial charge is 1.00 e. The van der Waals surface area contributed by atoms with Gasteiger partial charge < -0.3 is 24.8 Å². The summed E-state index contributed by atoms with van der Waals surface area (Å²) in [5, 5.41) is 0. The van der Waals surface area contributed by atoms with Gasteiger partial charge in [-0.3, -0.25) is 0 Å². The summed E-state index contributed by atoms with van der Waals surface area (Å²) in [5.41, 5.74) is 16.8. The van der Waals surface area contributed by atoms with Crippen LogP contribution in [0.25, 0.3) is 11.1 Å². The third kappa shape index (κ3) is 10.5. The van der Waals surface area contributed by atoms with E-state index in [2.05, 4.69) is 142 Å². The van der Waals surface area contributed by atoms with Crippen LogP contribution >= 0.6 is 0 Å². The third-order valence-electron chi connectivity index (χ3n) is 8.04. The molecule has 5 aromatic rings. The van der Waals surface area contributed by atoms with Gasteiger partial charge in [-0.05, 0) is 28.4 Å². The van der Waals surface area contributed by atoms with Crippen LogP contribution in [0.4, 0.5) is 0 Å². The molecule has 0 fully saturated rings. The molecule has 6 rings (SSSR count). The SMILES string of the molecule is CC(C)(C)c1[c-]c2c(cc1)-c1ccc(C(C)(C)C)cc1C2.Cc1cc(C)cc([C](=[Zr+2])c2cc(C)cc(C)c2)c1.[Cl-].[Cl-].c1cc[cH-]c1. The number of halogens is 2. The zero-order valence-corrected chi connectivity index (χ0v) is 33.2. The van der Waals surface area contributed by atoms with Crippen LogP contribution in [0.3, 0.4) is 0 Å². The molecule has 240 valence electrons. The average Bonchev–Trinajstić information content (AvgIpc) is 3.62. The van der Waals surface area contributed by atoms with E-state index in [4.69, 9.17) is 0 Å². The molecule has 0 radical (unpaired) electrons. The van der Waals surface area contributed by atoms with Gasteiger partial charge in [0.25, 0.3) is 0 Å². The first kappa shape index (κ1) is 39.7. The van der Waals surface area contributed by atoms with E-state index in [1.807, 2.05) is 30.3 Å². The molecular weight excluding hydrogens is 679 g/mol. The number of rotatable bonds is 2. The fourth-order valence-electron chi connectivity index (χ4n) is 5.75. The first-order valence-corrected chi connectivity index (χ1v) is 17.0. The molecule has 46 heavy (non-hydrogen) atoms. The molecule has 0 bridgehead atoms. The van der Waals surface area contributed by atoms with Gasteiger partial charge in [0.2, 0.25) is 0 Å². The Bertz CT molecular complexity index is 1570. The van der Waals surface area contributed by atoms with Gasteiger partial charge >= 0.3 is 125 Å². The molecule has 0 heterocycles. The predicted molar refractivity (Wildman–Crippen MR) is 188 cm³/mol. The van der Waals surface area contributed by atoms with Crippen LogP contribution in [-0.2, 0) is 41.5 Å². The minimum absolute atomic E-state index is 0. The normalized spacial score (nSPS) is 11.4. The molecule has 0 aliphatic heterocycles. The number of fused-ring (bicyclic) bond motifs is 3. The summed E-state index contributed by atoms with van der Waals surface area (Å²) in [4.78, 5) is 0. The Balaban J connectivity index is 0.000000270. The summed E-state index contributed by atoms with van der Waals surface area (Å²) in [6.07, 6.45) is 1.03. The van der Waals surface area contributed by atoms with Gasteiger partial charge in [0.1, 0.15) is 0 Å². The van der Waals surface area contributed by atoms with E-state index in [-0.39, 0.29) is 35.6 Å². The molecule has 0 saturated carbocycles. The summed E-state index contributed by atoms with van der Waals surface area (Å²) >= 11 is 1.47. The van der Waals surface area contributed by atoms with Crippen LogP contribution in [-0.4, -0.2) is 3.21 Å². The quantitative estimate of drug-likeness (QED) is 0.218. The zero-order valence-electron chi connectivity index (χ0n) is 29.2. The van der Waals surface area contributed by atoms with E-state index >= 15 is 0 Å². The van der Waals surface area contributed by atoms with Crippen LogP contribution in [0.1, 0.15) is 97.2 Å². The van der Waals surface area contributed by atoms with Crippen LogP contribution in [0, 0.1) is 33.8 Å². The average molecular weight is 727 g/mol. The molecule has 0 N–H and O–H groups in total. The Hall–Kier alpha value is -2.44. The smallest absolute Gasteiger partial charge is 0.172 e. The van der Waals surface area contributed by atoms with Crippen molar-refractivity contribution in [2.75, 3.05) is 0 Å². The van der Waals surface area contributed by atoms with Crippen molar-refractivity contribution in [3.8, 4) is 11.1 Å². The predicted octanol–water partition coefficient (Wildman–Crippen LogP) is 5.10. The molecular formula is C43H48Cl2Zr-2. The topological polar surface area (TPSA) is 0 Å². The second-order valence-corrected chi connectivity index (χ2v) is 15.6. The first-order valence-electron chi connectivity index (χ1n) is 15.7. The van der Waals surface area contributed by atoms with Crippen molar-refractivity contribution in [3.05, 3.63) is 159 Å². The van der Waals surface area contributed by atoms with E-state index in [1.54, 1.807) is 0 Å². The molecule has 5 aromatic carbocycles. The van der Waals surface area contributed by atoms with E-state index in [1.165, 1.54) is 94.2 Å². The summed E-state index contributed by atoms with van der Waals surface area (Å²) in [7, 11) is 0. The molecule has 0 aromatic heterocycles. The van der Waals surface area contributed by atoms with Gasteiger partial charge in [-0.1, -0.05) is 65.3 Å². The van der Waals surface area contributed by atoms with Gasteiger partial charge in [0.05, 0.1) is 0 Å². The van der Waals surface area contributed by atoms with Crippen molar-refractivity contribution in [1.82, 2.24) is 0 Å². The maximum atomic E-state index is 3.67. The summed E-state index contributed by atoms with van der Waals surface area (Å²) in [6, 6.07) is 38.8. The summed E-state index contributed by atoms with van der Waals surface area (Å²) in [5.74, 6) is 0. The number of hydrogen-bond acceptors (Lipinski definition) is 0. The van der Waals surface area contributed by atoms with Crippen molar-refractivity contribution < 1.29 is 49.0 Å². The second kappa shape index (κ2) is 16.6. The molecule has 0 nitrogen and oxygen atoms in total. The Kier molecular flexibility index (Phi) is 14.3. The van der Waals surface area contributed by atoms with E-state index in [0.717, 1.165) is 6.42 Å². The Morgan fingerprint density at radius 1 is 0.630 bits per heavy atom. The number of benzene rings is 4. The Labute approximate surface area is 306 Å². The maximum Gasteiger partial charge on any atom is -0.172 e. The standard InChI is InChI=1S/C21H25.C17H18.C5H5.2ClH.Zr/c1-20(2,3)16-7-9-18-14(12-16)11-15-13-17(21(4,5)6)8-10-19(15)18;1-12-5-13(2)8-16(7-12)11-17-9-14(3)6-15(4)10-17;1-2-4-5-3-1;;;/h7-10,12H,11H2,1-6H3;5-10H,1-4H3;1-5H;2*1H;/q-1;;-1;;;+2/p-2. The number of aryl methyl sites for hydroxylation is 4.